The molecule has 26 heavy (non-hydrogen) atoms. The number of anilines is 1. The van der Waals surface area contributed by atoms with Gasteiger partial charge in [0.15, 0.2) is 0 Å². The molecule has 0 saturated carbocycles. The van der Waals surface area contributed by atoms with E-state index in [-0.39, 0.29) is 5.91 Å². The number of aromatic nitrogens is 2. The molecule has 2 aromatic carbocycles. The molecule has 1 amide bonds. The number of nitrogens with zero attached hydrogens (tertiary/aromatic N) is 4. The van der Waals surface area contributed by atoms with Gasteiger partial charge < -0.3 is 9.80 Å². The number of para-hydroxylation sites is 1. The number of amides is 1. The SMILES string of the molecule is O=C(c1ccc(Cn2cccn2)cc1)N1CCN(c2ccccc2)CC1. The molecule has 0 bridgehead atoms. The molecule has 0 radical (unpaired) electrons. The maximum Gasteiger partial charge on any atom is 0.253 e. The van der Waals surface area contributed by atoms with Crippen molar-refractivity contribution in [3.05, 3.63) is 84.2 Å². The summed E-state index contributed by atoms with van der Waals surface area (Å²) >= 11 is 0. The Hall–Kier alpha value is -3.08. The average molecular weight is 346 g/mol. The summed E-state index contributed by atoms with van der Waals surface area (Å²) in [6.07, 6.45) is 3.71. The lowest BCUT2D eigenvalue weighted by Gasteiger charge is -2.36. The van der Waals surface area contributed by atoms with Crippen molar-refractivity contribution in [2.45, 2.75) is 6.54 Å². The smallest absolute Gasteiger partial charge is 0.253 e. The molecule has 0 N–H and O–H groups in total. The van der Waals surface area contributed by atoms with E-state index in [1.165, 1.54) is 5.69 Å². The molecule has 0 spiro atoms. The van der Waals surface area contributed by atoms with Gasteiger partial charge in [-0.05, 0) is 35.9 Å². The minimum atomic E-state index is 0.114. The van der Waals surface area contributed by atoms with Crippen LogP contribution in [-0.4, -0.2) is 46.8 Å². The van der Waals surface area contributed by atoms with E-state index in [1.807, 2.05) is 52.2 Å². The van der Waals surface area contributed by atoms with E-state index in [4.69, 9.17) is 0 Å². The van der Waals surface area contributed by atoms with Crippen molar-refractivity contribution in [3.63, 3.8) is 0 Å². The van der Waals surface area contributed by atoms with Crippen molar-refractivity contribution < 1.29 is 4.79 Å². The van der Waals surface area contributed by atoms with Gasteiger partial charge in [0.1, 0.15) is 0 Å². The van der Waals surface area contributed by atoms with Crippen molar-refractivity contribution in [3.8, 4) is 0 Å². The molecule has 1 aliphatic heterocycles. The summed E-state index contributed by atoms with van der Waals surface area (Å²) in [6.45, 7) is 3.96. The van der Waals surface area contributed by atoms with E-state index in [1.54, 1.807) is 6.20 Å². The fourth-order valence-electron chi connectivity index (χ4n) is 3.32. The van der Waals surface area contributed by atoms with Crippen LogP contribution in [0.5, 0.6) is 0 Å². The second kappa shape index (κ2) is 7.44. The molecule has 3 aromatic rings. The maximum absolute atomic E-state index is 12.8. The van der Waals surface area contributed by atoms with Gasteiger partial charge in [0, 0.05) is 49.8 Å². The Morgan fingerprint density at radius 3 is 2.27 bits per heavy atom. The fourth-order valence-corrected chi connectivity index (χ4v) is 3.32. The Morgan fingerprint density at radius 2 is 1.62 bits per heavy atom. The monoisotopic (exact) mass is 346 g/mol. The zero-order valence-electron chi connectivity index (χ0n) is 14.7. The summed E-state index contributed by atoms with van der Waals surface area (Å²) in [5, 5.41) is 4.21. The largest absolute Gasteiger partial charge is 0.368 e. The Balaban J connectivity index is 1.36. The van der Waals surface area contributed by atoms with E-state index >= 15 is 0 Å². The first-order valence-electron chi connectivity index (χ1n) is 8.95. The Bertz CT molecular complexity index is 835. The van der Waals surface area contributed by atoms with Gasteiger partial charge in [-0.15, -0.1) is 0 Å². The van der Waals surface area contributed by atoms with Crippen LogP contribution in [0.1, 0.15) is 15.9 Å². The molecule has 0 atom stereocenters. The molecule has 1 aromatic heterocycles. The van der Waals surface area contributed by atoms with E-state index in [2.05, 4.69) is 34.3 Å². The first-order valence-corrected chi connectivity index (χ1v) is 8.95. The van der Waals surface area contributed by atoms with Gasteiger partial charge >= 0.3 is 0 Å². The molecular weight excluding hydrogens is 324 g/mol. The Morgan fingerprint density at radius 1 is 0.885 bits per heavy atom. The summed E-state index contributed by atoms with van der Waals surface area (Å²) in [6, 6.07) is 20.1. The third kappa shape index (κ3) is 3.61. The highest BCUT2D eigenvalue weighted by Crippen LogP contribution is 2.17. The highest BCUT2D eigenvalue weighted by Gasteiger charge is 2.22. The van der Waals surface area contributed by atoms with Crippen LogP contribution in [0.4, 0.5) is 5.69 Å². The number of piperazine rings is 1. The van der Waals surface area contributed by atoms with Gasteiger partial charge in [0.2, 0.25) is 0 Å². The van der Waals surface area contributed by atoms with Gasteiger partial charge in [-0.3, -0.25) is 9.48 Å². The number of rotatable bonds is 4. The summed E-state index contributed by atoms with van der Waals surface area (Å²) < 4.78 is 1.87. The Kier molecular flexibility index (Phi) is 4.69. The van der Waals surface area contributed by atoms with Gasteiger partial charge in [0.05, 0.1) is 6.54 Å². The fraction of sp³-hybridized carbons (Fsp3) is 0.238. The summed E-state index contributed by atoms with van der Waals surface area (Å²) in [5.41, 5.74) is 3.11. The van der Waals surface area contributed by atoms with E-state index in [9.17, 15) is 4.79 Å². The van der Waals surface area contributed by atoms with Crippen LogP contribution in [0, 0.1) is 0 Å². The normalized spacial score (nSPS) is 14.5. The minimum absolute atomic E-state index is 0.114. The zero-order valence-corrected chi connectivity index (χ0v) is 14.7. The zero-order chi connectivity index (χ0) is 17.8. The lowest BCUT2D eigenvalue weighted by Crippen LogP contribution is -2.48. The molecule has 0 aliphatic carbocycles. The van der Waals surface area contributed by atoms with Gasteiger partial charge in [-0.1, -0.05) is 30.3 Å². The molecule has 132 valence electrons. The number of benzene rings is 2. The molecule has 1 aliphatic rings. The van der Waals surface area contributed by atoms with Crippen molar-refractivity contribution in [1.82, 2.24) is 14.7 Å². The molecule has 1 fully saturated rings. The topological polar surface area (TPSA) is 41.4 Å². The maximum atomic E-state index is 12.8. The molecule has 2 heterocycles. The number of carbonyl (C=O) groups excluding carboxylic acids is 1. The molecule has 0 unspecified atom stereocenters. The van der Waals surface area contributed by atoms with E-state index in [0.717, 1.165) is 43.9 Å². The number of hydrogen-bond donors (Lipinski definition) is 0. The van der Waals surface area contributed by atoms with E-state index < -0.39 is 0 Å². The van der Waals surface area contributed by atoms with Crippen LogP contribution < -0.4 is 4.90 Å². The lowest BCUT2D eigenvalue weighted by molar-refractivity contribution is 0.0747. The van der Waals surface area contributed by atoms with Gasteiger partial charge in [-0.2, -0.15) is 5.10 Å². The second-order valence-electron chi connectivity index (χ2n) is 6.52. The second-order valence-corrected chi connectivity index (χ2v) is 6.52. The number of carbonyl (C=O) groups is 1. The van der Waals surface area contributed by atoms with Crippen LogP contribution in [0.3, 0.4) is 0 Å². The van der Waals surface area contributed by atoms with Crippen LogP contribution in [0.15, 0.2) is 73.1 Å². The quantitative estimate of drug-likeness (QED) is 0.729. The van der Waals surface area contributed by atoms with Crippen molar-refractivity contribution in [2.24, 2.45) is 0 Å². The standard InChI is InChI=1S/C21H22N4O/c26-21(19-9-7-18(8-10-19)17-25-12-4-11-22-25)24-15-13-23(14-16-24)20-5-2-1-3-6-20/h1-12H,13-17H2. The van der Waals surface area contributed by atoms with Crippen molar-refractivity contribution in [2.75, 3.05) is 31.1 Å². The van der Waals surface area contributed by atoms with Crippen molar-refractivity contribution >= 4 is 11.6 Å². The average Bonchev–Trinajstić information content (AvgIpc) is 3.22. The molecule has 4 rings (SSSR count). The highest BCUT2D eigenvalue weighted by atomic mass is 16.2. The summed E-state index contributed by atoms with van der Waals surface area (Å²) in [5.74, 6) is 0.114. The van der Waals surface area contributed by atoms with E-state index in [0.29, 0.717) is 0 Å². The van der Waals surface area contributed by atoms with Gasteiger partial charge in [0.25, 0.3) is 5.91 Å². The van der Waals surface area contributed by atoms with Crippen LogP contribution in [-0.2, 0) is 6.54 Å². The highest BCUT2D eigenvalue weighted by molar-refractivity contribution is 5.94. The minimum Gasteiger partial charge on any atom is -0.368 e. The van der Waals surface area contributed by atoms with Crippen LogP contribution in [0.25, 0.3) is 0 Å². The third-order valence-corrected chi connectivity index (χ3v) is 4.79. The van der Waals surface area contributed by atoms with Gasteiger partial charge in [-0.25, -0.2) is 0 Å². The predicted octanol–water partition coefficient (Wildman–Crippen LogP) is 2.89. The predicted molar refractivity (Wildman–Crippen MR) is 102 cm³/mol. The van der Waals surface area contributed by atoms with Crippen molar-refractivity contribution in [1.29, 1.82) is 0 Å². The third-order valence-electron chi connectivity index (χ3n) is 4.79. The first kappa shape index (κ1) is 16.4. The molecule has 5 heteroatoms. The van der Waals surface area contributed by atoms with Crippen LogP contribution >= 0.6 is 0 Å². The molecular formula is C21H22N4O. The number of hydrogen-bond acceptors (Lipinski definition) is 3. The first-order chi connectivity index (χ1) is 12.8. The lowest BCUT2D eigenvalue weighted by atomic mass is 10.1. The Labute approximate surface area is 153 Å². The molecule has 5 nitrogen and oxygen atoms in total. The summed E-state index contributed by atoms with van der Waals surface area (Å²) in [7, 11) is 0. The van der Waals surface area contributed by atoms with Crippen LogP contribution in [0.2, 0.25) is 0 Å². The summed E-state index contributed by atoms with van der Waals surface area (Å²) in [4.78, 5) is 17.0. The molecule has 1 saturated heterocycles.